The van der Waals surface area contributed by atoms with E-state index in [0.29, 0.717) is 6.54 Å². The maximum absolute atomic E-state index is 12.0. The molecule has 142 valence electrons. The molecule has 1 saturated heterocycles. The first-order chi connectivity index (χ1) is 13.7. The van der Waals surface area contributed by atoms with Crippen molar-refractivity contribution in [2.75, 3.05) is 18.1 Å². The van der Waals surface area contributed by atoms with Crippen LogP contribution in [0.5, 0.6) is 0 Å². The van der Waals surface area contributed by atoms with E-state index in [4.69, 9.17) is 10.5 Å². The number of urea groups is 1. The van der Waals surface area contributed by atoms with Crippen LogP contribution in [-0.2, 0) is 11.2 Å². The Kier molecular flexibility index (Phi) is 4.13. The number of hydrogen-bond donors (Lipinski definition) is 2. The molecule has 2 aromatic carbocycles. The third-order valence-corrected chi connectivity index (χ3v) is 5.65. The van der Waals surface area contributed by atoms with Crippen LogP contribution in [0.3, 0.4) is 0 Å². The zero-order valence-corrected chi connectivity index (χ0v) is 15.5. The standard InChI is InChI=1S/C22H22N4O2/c23-22(27)26(13-17-5-3-11-28-17)16-9-7-14(8-10-16)20-19-12-15-4-1-2-6-18(15)21(19)25-24-20/h1-2,4,6-10,17H,3,5,11-13H2,(H2,23,27)(H,24,25). The number of rotatable bonds is 4. The minimum Gasteiger partial charge on any atom is -0.376 e. The molecule has 1 aromatic heterocycles. The smallest absolute Gasteiger partial charge is 0.319 e. The summed E-state index contributed by atoms with van der Waals surface area (Å²) in [7, 11) is 0. The maximum atomic E-state index is 12.0. The van der Waals surface area contributed by atoms with Gasteiger partial charge in [-0.25, -0.2) is 4.79 Å². The number of aromatic nitrogens is 2. The van der Waals surface area contributed by atoms with Crippen molar-refractivity contribution in [3.05, 3.63) is 59.7 Å². The van der Waals surface area contributed by atoms with Crippen LogP contribution in [0.15, 0.2) is 48.5 Å². The van der Waals surface area contributed by atoms with Crippen LogP contribution in [0, 0.1) is 0 Å². The molecule has 0 spiro atoms. The second-order valence-corrected chi connectivity index (χ2v) is 7.39. The highest BCUT2D eigenvalue weighted by Crippen LogP contribution is 2.40. The summed E-state index contributed by atoms with van der Waals surface area (Å²) < 4.78 is 5.66. The van der Waals surface area contributed by atoms with Gasteiger partial charge in [-0.1, -0.05) is 36.4 Å². The molecule has 0 saturated carbocycles. The Balaban J connectivity index is 1.41. The number of nitrogens with zero attached hydrogens (tertiary/aromatic N) is 2. The first-order valence-electron chi connectivity index (χ1n) is 9.65. The number of nitrogens with two attached hydrogens (primary N) is 1. The van der Waals surface area contributed by atoms with E-state index in [2.05, 4.69) is 34.5 Å². The topological polar surface area (TPSA) is 84.2 Å². The maximum Gasteiger partial charge on any atom is 0.319 e. The number of benzene rings is 2. The fourth-order valence-corrected chi connectivity index (χ4v) is 4.22. The molecule has 1 fully saturated rings. The molecule has 28 heavy (non-hydrogen) atoms. The van der Waals surface area contributed by atoms with E-state index in [1.807, 2.05) is 24.3 Å². The fourth-order valence-electron chi connectivity index (χ4n) is 4.22. The van der Waals surface area contributed by atoms with Crippen LogP contribution in [0.1, 0.15) is 24.0 Å². The predicted molar refractivity (Wildman–Crippen MR) is 108 cm³/mol. The Morgan fingerprint density at radius 3 is 2.79 bits per heavy atom. The van der Waals surface area contributed by atoms with Gasteiger partial charge in [0, 0.05) is 35.4 Å². The van der Waals surface area contributed by atoms with E-state index in [9.17, 15) is 4.79 Å². The minimum atomic E-state index is -0.459. The number of primary amides is 1. The van der Waals surface area contributed by atoms with Gasteiger partial charge in [0.2, 0.25) is 0 Å². The number of H-pyrrole nitrogens is 1. The van der Waals surface area contributed by atoms with Crippen LogP contribution in [0.4, 0.5) is 10.5 Å². The van der Waals surface area contributed by atoms with Gasteiger partial charge in [0.25, 0.3) is 0 Å². The van der Waals surface area contributed by atoms with Gasteiger partial charge in [0.05, 0.1) is 24.0 Å². The number of nitrogens with one attached hydrogen (secondary N) is 1. The van der Waals surface area contributed by atoms with Crippen molar-refractivity contribution in [2.24, 2.45) is 5.73 Å². The Bertz CT molecular complexity index is 1020. The van der Waals surface area contributed by atoms with Gasteiger partial charge in [-0.05, 0) is 30.5 Å². The molecule has 3 aromatic rings. The second kappa shape index (κ2) is 6.80. The predicted octanol–water partition coefficient (Wildman–Crippen LogP) is 3.71. The lowest BCUT2D eigenvalue weighted by molar-refractivity contribution is 0.116. The summed E-state index contributed by atoms with van der Waals surface area (Å²) in [6, 6.07) is 15.8. The van der Waals surface area contributed by atoms with Crippen molar-refractivity contribution < 1.29 is 9.53 Å². The quantitative estimate of drug-likeness (QED) is 0.571. The molecule has 1 aliphatic heterocycles. The van der Waals surface area contributed by atoms with Gasteiger partial charge in [-0.3, -0.25) is 10.00 Å². The molecule has 6 heteroatoms. The molecule has 0 bridgehead atoms. The summed E-state index contributed by atoms with van der Waals surface area (Å²) in [5.74, 6) is 0. The molecule has 1 aliphatic carbocycles. The molecule has 6 nitrogen and oxygen atoms in total. The molecule has 2 amide bonds. The van der Waals surface area contributed by atoms with Crippen molar-refractivity contribution in [2.45, 2.75) is 25.4 Å². The molecule has 2 aliphatic rings. The third kappa shape index (κ3) is 2.86. The van der Waals surface area contributed by atoms with E-state index in [1.165, 1.54) is 16.7 Å². The molecular weight excluding hydrogens is 352 g/mol. The lowest BCUT2D eigenvalue weighted by Crippen LogP contribution is -2.40. The summed E-state index contributed by atoms with van der Waals surface area (Å²) in [4.78, 5) is 13.5. The molecule has 5 rings (SSSR count). The normalized spacial score (nSPS) is 17.4. The van der Waals surface area contributed by atoms with Crippen molar-refractivity contribution in [3.8, 4) is 22.5 Å². The van der Waals surface area contributed by atoms with Gasteiger partial charge >= 0.3 is 6.03 Å². The highest BCUT2D eigenvalue weighted by atomic mass is 16.5. The van der Waals surface area contributed by atoms with Crippen LogP contribution >= 0.6 is 0 Å². The Hall–Kier alpha value is -3.12. The van der Waals surface area contributed by atoms with Crippen molar-refractivity contribution >= 4 is 11.7 Å². The number of aromatic amines is 1. The Labute approximate surface area is 163 Å². The van der Waals surface area contributed by atoms with E-state index in [0.717, 1.165) is 48.5 Å². The van der Waals surface area contributed by atoms with Crippen LogP contribution in [0.25, 0.3) is 22.5 Å². The number of amides is 2. The first-order valence-corrected chi connectivity index (χ1v) is 9.65. The molecule has 0 radical (unpaired) electrons. The number of fused-ring (bicyclic) bond motifs is 3. The van der Waals surface area contributed by atoms with Crippen LogP contribution in [0.2, 0.25) is 0 Å². The van der Waals surface area contributed by atoms with Crippen LogP contribution in [-0.4, -0.2) is 35.5 Å². The summed E-state index contributed by atoms with van der Waals surface area (Å²) >= 11 is 0. The van der Waals surface area contributed by atoms with Crippen LogP contribution < -0.4 is 10.6 Å². The highest BCUT2D eigenvalue weighted by Gasteiger charge is 2.25. The average Bonchev–Trinajstić information content (AvgIpc) is 3.43. The van der Waals surface area contributed by atoms with Gasteiger partial charge in [-0.15, -0.1) is 0 Å². The molecule has 1 unspecified atom stereocenters. The zero-order valence-electron chi connectivity index (χ0n) is 15.5. The lowest BCUT2D eigenvalue weighted by Gasteiger charge is -2.23. The average molecular weight is 374 g/mol. The van der Waals surface area contributed by atoms with Crippen molar-refractivity contribution in [1.29, 1.82) is 0 Å². The van der Waals surface area contributed by atoms with E-state index >= 15 is 0 Å². The summed E-state index contributed by atoms with van der Waals surface area (Å²) in [5.41, 5.74) is 13.3. The van der Waals surface area contributed by atoms with Gasteiger partial charge < -0.3 is 10.5 Å². The van der Waals surface area contributed by atoms with Gasteiger partial charge in [0.15, 0.2) is 0 Å². The summed E-state index contributed by atoms with van der Waals surface area (Å²) in [5, 5.41) is 7.74. The number of carbonyl (C=O) groups is 1. The number of anilines is 1. The van der Waals surface area contributed by atoms with Crippen molar-refractivity contribution in [3.63, 3.8) is 0 Å². The number of ether oxygens (including phenoxy) is 1. The molecular formula is C22H22N4O2. The lowest BCUT2D eigenvalue weighted by atomic mass is 10.0. The Morgan fingerprint density at radius 2 is 2.04 bits per heavy atom. The minimum absolute atomic E-state index is 0.0558. The first kappa shape index (κ1) is 17.0. The second-order valence-electron chi connectivity index (χ2n) is 7.39. The summed E-state index contributed by atoms with van der Waals surface area (Å²) in [6.45, 7) is 1.24. The largest absolute Gasteiger partial charge is 0.376 e. The molecule has 2 heterocycles. The monoisotopic (exact) mass is 374 g/mol. The third-order valence-electron chi connectivity index (χ3n) is 5.65. The molecule has 1 atom stereocenters. The fraction of sp³-hybridized carbons (Fsp3) is 0.273. The van der Waals surface area contributed by atoms with Gasteiger partial charge in [0.1, 0.15) is 0 Å². The van der Waals surface area contributed by atoms with E-state index in [1.54, 1.807) is 4.90 Å². The molecule has 3 N–H and O–H groups in total. The zero-order chi connectivity index (χ0) is 19.1. The Morgan fingerprint density at radius 1 is 1.21 bits per heavy atom. The van der Waals surface area contributed by atoms with Gasteiger partial charge in [-0.2, -0.15) is 5.10 Å². The van der Waals surface area contributed by atoms with E-state index in [-0.39, 0.29) is 6.10 Å². The summed E-state index contributed by atoms with van der Waals surface area (Å²) in [6.07, 6.45) is 2.93. The van der Waals surface area contributed by atoms with Crippen molar-refractivity contribution in [1.82, 2.24) is 10.2 Å². The van der Waals surface area contributed by atoms with E-state index < -0.39 is 6.03 Å². The highest BCUT2D eigenvalue weighted by molar-refractivity contribution is 5.91. The number of carbonyl (C=O) groups excluding carboxylic acids is 1. The number of hydrogen-bond acceptors (Lipinski definition) is 3. The SMILES string of the molecule is NC(=O)N(CC1CCCO1)c1ccc(-c2n[nH]c3c2Cc2ccccc2-3)cc1.